The normalized spacial score (nSPS) is 11.9. The first-order chi connectivity index (χ1) is 16.1. The quantitative estimate of drug-likeness (QED) is 0.172. The molecule has 0 spiro atoms. The van der Waals surface area contributed by atoms with Crippen LogP contribution < -0.4 is 0 Å². The summed E-state index contributed by atoms with van der Waals surface area (Å²) in [5, 5.41) is 11.1. The van der Waals surface area contributed by atoms with Crippen LogP contribution >= 0.6 is 0 Å². The summed E-state index contributed by atoms with van der Waals surface area (Å²) in [7, 11) is 0. The maximum atomic E-state index is 11.1. The maximum Gasteiger partial charge on any atom is 0.269 e. The fourth-order valence-corrected chi connectivity index (χ4v) is 4.02. The second kappa shape index (κ2) is 8.59. The van der Waals surface area contributed by atoms with E-state index in [4.69, 9.17) is 9.97 Å². The molecule has 4 aromatic rings. The summed E-state index contributed by atoms with van der Waals surface area (Å²) in [5.74, 6) is 0. The van der Waals surface area contributed by atoms with Crippen LogP contribution in [-0.2, 0) is 17.1 Å². The zero-order valence-electron chi connectivity index (χ0n) is 17.7. The van der Waals surface area contributed by atoms with Crippen molar-refractivity contribution < 1.29 is 22.0 Å². The number of aromatic nitrogens is 4. The topological polar surface area (TPSA) is 100 Å². The molecule has 7 nitrogen and oxygen atoms in total. The third-order valence-electron chi connectivity index (χ3n) is 5.56. The zero-order chi connectivity index (χ0) is 22.4. The van der Waals surface area contributed by atoms with E-state index in [0.29, 0.717) is 0 Å². The Hall–Kier alpha value is -4.26. The van der Waals surface area contributed by atoms with E-state index >= 15 is 0 Å². The molecule has 0 unspecified atom stereocenters. The Labute approximate surface area is 204 Å². The number of nitrogens with zero attached hydrogens (tertiary/aromatic N) is 3. The number of nitro benzene ring substituents is 1. The SMILES string of the molecule is O=[N+]([O-])c1ccc(-c2cc3cc4nc(cc5ccc(cc6nc(cc2[nH]3)C=C6)[nH]5)C=C4)cc1.[Mn]. The summed E-state index contributed by atoms with van der Waals surface area (Å²) in [4.78, 5) is 26.9. The van der Waals surface area contributed by atoms with Crippen molar-refractivity contribution in [3.63, 3.8) is 0 Å². The number of benzene rings is 1. The minimum atomic E-state index is -0.394. The Morgan fingerprint density at radius 2 is 1.18 bits per heavy atom. The maximum absolute atomic E-state index is 11.1. The second-order valence-corrected chi connectivity index (χ2v) is 7.89. The van der Waals surface area contributed by atoms with E-state index in [1.807, 2.05) is 66.8 Å². The van der Waals surface area contributed by atoms with Gasteiger partial charge in [0, 0.05) is 56.8 Å². The number of aromatic amines is 2. The molecule has 165 valence electrons. The third-order valence-corrected chi connectivity index (χ3v) is 5.56. The van der Waals surface area contributed by atoms with Crippen molar-refractivity contribution >= 4 is 52.1 Å². The molecule has 0 saturated heterocycles. The second-order valence-electron chi connectivity index (χ2n) is 7.89. The van der Waals surface area contributed by atoms with E-state index in [0.717, 1.165) is 56.0 Å². The van der Waals surface area contributed by atoms with Gasteiger partial charge in [-0.25, -0.2) is 9.97 Å². The van der Waals surface area contributed by atoms with Crippen molar-refractivity contribution in [1.82, 2.24) is 19.9 Å². The van der Waals surface area contributed by atoms with Gasteiger partial charge in [0.25, 0.3) is 5.69 Å². The van der Waals surface area contributed by atoms with E-state index in [-0.39, 0.29) is 22.8 Å². The van der Waals surface area contributed by atoms with E-state index in [1.165, 1.54) is 12.1 Å². The first-order valence-electron chi connectivity index (χ1n) is 10.4. The Bertz CT molecular complexity index is 1650. The average molecular weight is 486 g/mol. The van der Waals surface area contributed by atoms with Crippen LogP contribution in [0.1, 0.15) is 22.8 Å². The molecule has 5 heterocycles. The van der Waals surface area contributed by atoms with Crippen LogP contribution in [0.5, 0.6) is 0 Å². The van der Waals surface area contributed by atoms with Crippen molar-refractivity contribution in [2.45, 2.75) is 0 Å². The summed E-state index contributed by atoms with van der Waals surface area (Å²) in [6.45, 7) is 0. The van der Waals surface area contributed by atoms with Crippen LogP contribution in [0.4, 0.5) is 5.69 Å². The molecule has 2 aliphatic heterocycles. The molecule has 1 aromatic carbocycles. The molecule has 2 aliphatic rings. The molecule has 0 aliphatic carbocycles. The van der Waals surface area contributed by atoms with Crippen LogP contribution in [0.3, 0.4) is 0 Å². The van der Waals surface area contributed by atoms with Gasteiger partial charge in [-0.2, -0.15) is 0 Å². The monoisotopic (exact) mass is 486 g/mol. The number of fused-ring (bicyclic) bond motifs is 8. The van der Waals surface area contributed by atoms with Crippen LogP contribution in [0.15, 0.2) is 66.7 Å². The Morgan fingerprint density at radius 3 is 1.74 bits per heavy atom. The first-order valence-corrected chi connectivity index (χ1v) is 10.4. The number of H-pyrrole nitrogens is 2. The van der Waals surface area contributed by atoms with Gasteiger partial charge in [0.15, 0.2) is 0 Å². The minimum Gasteiger partial charge on any atom is -0.355 e. The average Bonchev–Trinajstić information content (AvgIpc) is 3.59. The van der Waals surface area contributed by atoms with Gasteiger partial charge in [0.1, 0.15) is 0 Å². The molecule has 0 atom stereocenters. The predicted octanol–water partition coefficient (Wildman–Crippen LogP) is 6.23. The van der Waals surface area contributed by atoms with Gasteiger partial charge in [-0.1, -0.05) is 0 Å². The van der Waals surface area contributed by atoms with Crippen molar-refractivity contribution in [2.24, 2.45) is 0 Å². The third kappa shape index (κ3) is 4.20. The van der Waals surface area contributed by atoms with Crippen molar-refractivity contribution in [1.29, 1.82) is 0 Å². The standard InChI is InChI=1S/C26H17N5O2.Mn/c32-31(33)24-9-1-16(2-10-24)25-14-23-13-21-6-5-19(28-21)11-17-3-4-18(27-17)12-20-7-8-22(29-20)15-26(25)30-23;/h1-15,27,30H;. The van der Waals surface area contributed by atoms with Gasteiger partial charge in [-0.3, -0.25) is 10.1 Å². The first kappa shape index (κ1) is 21.6. The Kier molecular flexibility index (Phi) is 5.45. The van der Waals surface area contributed by atoms with Crippen LogP contribution in [0, 0.1) is 10.1 Å². The summed E-state index contributed by atoms with van der Waals surface area (Å²) in [6, 6.07) is 20.6. The molecule has 0 saturated carbocycles. The van der Waals surface area contributed by atoms with E-state index < -0.39 is 4.92 Å². The van der Waals surface area contributed by atoms with Crippen LogP contribution in [-0.4, -0.2) is 24.9 Å². The minimum absolute atomic E-state index is 0. The largest absolute Gasteiger partial charge is 0.355 e. The van der Waals surface area contributed by atoms with Gasteiger partial charge >= 0.3 is 0 Å². The van der Waals surface area contributed by atoms with Gasteiger partial charge in [-0.05, 0) is 84.5 Å². The van der Waals surface area contributed by atoms with Gasteiger partial charge in [0.05, 0.1) is 27.7 Å². The van der Waals surface area contributed by atoms with E-state index in [9.17, 15) is 10.1 Å². The number of hydrogen-bond donors (Lipinski definition) is 2. The fourth-order valence-electron chi connectivity index (χ4n) is 4.02. The van der Waals surface area contributed by atoms with Crippen molar-refractivity contribution in [3.8, 4) is 11.1 Å². The fraction of sp³-hybridized carbons (Fsp3) is 0. The summed E-state index contributed by atoms with van der Waals surface area (Å²) in [5.41, 5.74) is 8.92. The molecular weight excluding hydrogens is 469 g/mol. The molecule has 8 heteroatoms. The summed E-state index contributed by atoms with van der Waals surface area (Å²) < 4.78 is 0. The van der Waals surface area contributed by atoms with E-state index in [2.05, 4.69) is 9.97 Å². The van der Waals surface area contributed by atoms with Gasteiger partial charge in [0.2, 0.25) is 0 Å². The molecule has 0 amide bonds. The molecule has 6 rings (SSSR count). The number of non-ortho nitro benzene ring substituents is 1. The van der Waals surface area contributed by atoms with E-state index in [1.54, 1.807) is 12.1 Å². The van der Waals surface area contributed by atoms with Crippen molar-refractivity contribution in [2.75, 3.05) is 0 Å². The molecule has 8 bridgehead atoms. The molecule has 0 fully saturated rings. The van der Waals surface area contributed by atoms with Crippen LogP contribution in [0.2, 0.25) is 0 Å². The molecule has 1 radical (unpaired) electrons. The number of rotatable bonds is 2. The Morgan fingerprint density at radius 1 is 0.647 bits per heavy atom. The number of nitro groups is 1. The Balaban J connectivity index is 0.00000241. The number of hydrogen-bond acceptors (Lipinski definition) is 4. The molecule has 34 heavy (non-hydrogen) atoms. The van der Waals surface area contributed by atoms with Crippen LogP contribution in [0.25, 0.3) is 57.5 Å². The van der Waals surface area contributed by atoms with Gasteiger partial charge in [-0.15, -0.1) is 0 Å². The molecular formula is C26H17MnN5O2. The molecule has 3 aromatic heterocycles. The van der Waals surface area contributed by atoms with Gasteiger partial charge < -0.3 is 9.97 Å². The zero-order valence-corrected chi connectivity index (χ0v) is 18.9. The molecule has 2 N–H and O–H groups in total. The summed E-state index contributed by atoms with van der Waals surface area (Å²) >= 11 is 0. The van der Waals surface area contributed by atoms with Crippen molar-refractivity contribution in [3.05, 3.63) is 99.6 Å². The predicted molar refractivity (Wildman–Crippen MR) is 131 cm³/mol. The smallest absolute Gasteiger partial charge is 0.269 e. The summed E-state index contributed by atoms with van der Waals surface area (Å²) in [6.07, 6.45) is 7.89. The number of nitrogens with one attached hydrogen (secondary N) is 2.